The lowest BCUT2D eigenvalue weighted by molar-refractivity contribution is 0.306. The SMILES string of the molecule is Cc1ccc(COc2ccccc2/C=N\Nc2nc(-c3cccs3)cs2)cc1. The highest BCUT2D eigenvalue weighted by molar-refractivity contribution is 7.15. The summed E-state index contributed by atoms with van der Waals surface area (Å²) < 4.78 is 5.99. The molecular formula is C22H19N3OS2. The van der Waals surface area contributed by atoms with Crippen LogP contribution in [0.1, 0.15) is 16.7 Å². The predicted octanol–water partition coefficient (Wildman–Crippen LogP) is 6.21. The van der Waals surface area contributed by atoms with Gasteiger partial charge in [-0.25, -0.2) is 4.98 Å². The molecule has 0 amide bonds. The van der Waals surface area contributed by atoms with Crippen LogP contribution in [0.4, 0.5) is 5.13 Å². The van der Waals surface area contributed by atoms with E-state index in [1.54, 1.807) is 17.6 Å². The standard InChI is InChI=1S/C22H19N3OS2/c1-16-8-10-17(11-9-16)14-26-20-6-3-2-5-18(20)13-23-25-22-24-19(15-28-22)21-7-4-12-27-21/h2-13,15H,14H2,1H3,(H,24,25)/b23-13-. The first-order chi connectivity index (χ1) is 13.8. The van der Waals surface area contributed by atoms with Crippen molar-refractivity contribution < 1.29 is 4.74 Å². The number of rotatable bonds is 7. The van der Waals surface area contributed by atoms with Crippen LogP contribution in [0.5, 0.6) is 5.75 Å². The van der Waals surface area contributed by atoms with Crippen molar-refractivity contribution in [2.24, 2.45) is 5.10 Å². The van der Waals surface area contributed by atoms with Gasteiger partial charge in [0.2, 0.25) is 5.13 Å². The molecule has 4 rings (SSSR count). The molecule has 0 aliphatic heterocycles. The molecule has 4 aromatic rings. The second-order valence-corrected chi connectivity index (χ2v) is 8.00. The highest BCUT2D eigenvalue weighted by atomic mass is 32.1. The average Bonchev–Trinajstić information content (AvgIpc) is 3.40. The summed E-state index contributed by atoms with van der Waals surface area (Å²) in [5.74, 6) is 0.798. The molecule has 4 nitrogen and oxygen atoms in total. The Kier molecular flexibility index (Phi) is 5.80. The number of thiazole rings is 1. The topological polar surface area (TPSA) is 46.5 Å². The summed E-state index contributed by atoms with van der Waals surface area (Å²) in [4.78, 5) is 5.72. The number of aromatic nitrogens is 1. The maximum atomic E-state index is 5.99. The number of aryl methyl sites for hydroxylation is 1. The first-order valence-electron chi connectivity index (χ1n) is 8.84. The molecule has 1 N–H and O–H groups in total. The summed E-state index contributed by atoms with van der Waals surface area (Å²) in [6.07, 6.45) is 1.76. The predicted molar refractivity (Wildman–Crippen MR) is 119 cm³/mol. The van der Waals surface area contributed by atoms with Crippen molar-refractivity contribution in [3.05, 3.63) is 88.1 Å². The maximum Gasteiger partial charge on any atom is 0.203 e. The lowest BCUT2D eigenvalue weighted by atomic mass is 10.1. The van der Waals surface area contributed by atoms with Gasteiger partial charge in [0, 0.05) is 10.9 Å². The van der Waals surface area contributed by atoms with Crippen molar-refractivity contribution in [3.63, 3.8) is 0 Å². The minimum Gasteiger partial charge on any atom is -0.488 e. The van der Waals surface area contributed by atoms with Crippen molar-refractivity contribution in [2.45, 2.75) is 13.5 Å². The minimum absolute atomic E-state index is 0.523. The zero-order valence-corrected chi connectivity index (χ0v) is 17.0. The van der Waals surface area contributed by atoms with Gasteiger partial charge in [-0.15, -0.1) is 22.7 Å². The molecule has 2 aromatic heterocycles. The lowest BCUT2D eigenvalue weighted by Gasteiger charge is -2.09. The third-order valence-electron chi connectivity index (χ3n) is 4.08. The smallest absolute Gasteiger partial charge is 0.203 e. The number of ether oxygens (including phenoxy) is 1. The monoisotopic (exact) mass is 405 g/mol. The van der Waals surface area contributed by atoms with Crippen molar-refractivity contribution >= 4 is 34.0 Å². The van der Waals surface area contributed by atoms with E-state index in [0.29, 0.717) is 6.61 Å². The van der Waals surface area contributed by atoms with Crippen LogP contribution < -0.4 is 10.2 Å². The molecule has 140 valence electrons. The first-order valence-corrected chi connectivity index (χ1v) is 10.6. The number of hydrogen-bond acceptors (Lipinski definition) is 6. The Morgan fingerprint density at radius 2 is 1.89 bits per heavy atom. The molecule has 0 unspecified atom stereocenters. The Labute approximate surface area is 172 Å². The van der Waals surface area contributed by atoms with Crippen molar-refractivity contribution in [2.75, 3.05) is 5.43 Å². The van der Waals surface area contributed by atoms with Gasteiger partial charge in [0.05, 0.1) is 16.8 Å². The summed E-state index contributed by atoms with van der Waals surface area (Å²) in [7, 11) is 0. The van der Waals surface area contributed by atoms with Gasteiger partial charge >= 0.3 is 0 Å². The maximum absolute atomic E-state index is 5.99. The summed E-state index contributed by atoms with van der Waals surface area (Å²) >= 11 is 3.21. The van der Waals surface area contributed by atoms with Crippen LogP contribution in [0, 0.1) is 6.92 Å². The van der Waals surface area contributed by atoms with Gasteiger partial charge in [-0.1, -0.05) is 48.0 Å². The van der Waals surface area contributed by atoms with Gasteiger partial charge in [-0.05, 0) is 36.1 Å². The summed E-state index contributed by atoms with van der Waals surface area (Å²) in [6, 6.07) is 20.3. The zero-order valence-electron chi connectivity index (χ0n) is 15.3. The van der Waals surface area contributed by atoms with E-state index in [2.05, 4.69) is 52.8 Å². The number of para-hydroxylation sites is 1. The molecule has 0 saturated heterocycles. The van der Waals surface area contributed by atoms with E-state index in [0.717, 1.165) is 32.6 Å². The normalized spacial score (nSPS) is 11.0. The lowest BCUT2D eigenvalue weighted by Crippen LogP contribution is -1.99. The Morgan fingerprint density at radius 3 is 2.71 bits per heavy atom. The number of thiophene rings is 1. The number of anilines is 1. The van der Waals surface area contributed by atoms with E-state index < -0.39 is 0 Å². The van der Waals surface area contributed by atoms with E-state index in [9.17, 15) is 0 Å². The van der Waals surface area contributed by atoms with Crippen molar-refractivity contribution in [1.29, 1.82) is 0 Å². The summed E-state index contributed by atoms with van der Waals surface area (Å²) in [5, 5.41) is 9.17. The highest BCUT2D eigenvalue weighted by Crippen LogP contribution is 2.28. The van der Waals surface area contributed by atoms with Gasteiger partial charge in [0.15, 0.2) is 0 Å². The molecule has 0 spiro atoms. The molecule has 0 radical (unpaired) electrons. The largest absolute Gasteiger partial charge is 0.488 e. The fourth-order valence-corrected chi connectivity index (χ4v) is 4.00. The highest BCUT2D eigenvalue weighted by Gasteiger charge is 2.05. The van der Waals surface area contributed by atoms with Crippen LogP contribution in [0.25, 0.3) is 10.6 Å². The van der Waals surface area contributed by atoms with Crippen LogP contribution in [0.15, 0.2) is 76.5 Å². The van der Waals surface area contributed by atoms with Crippen LogP contribution in [-0.2, 0) is 6.61 Å². The zero-order chi connectivity index (χ0) is 19.2. The molecule has 28 heavy (non-hydrogen) atoms. The summed E-state index contributed by atoms with van der Waals surface area (Å²) in [6.45, 7) is 2.60. The number of hydrogen-bond donors (Lipinski definition) is 1. The molecule has 0 atom stereocenters. The Hall–Kier alpha value is -2.96. The molecule has 0 aliphatic rings. The Morgan fingerprint density at radius 1 is 1.04 bits per heavy atom. The van der Waals surface area contributed by atoms with Gasteiger partial charge < -0.3 is 4.74 Å². The Bertz CT molecular complexity index is 1050. The van der Waals surface area contributed by atoms with Crippen LogP contribution in [0.2, 0.25) is 0 Å². The second kappa shape index (κ2) is 8.82. The van der Waals surface area contributed by atoms with E-state index in [4.69, 9.17) is 4.74 Å². The molecule has 0 aliphatic carbocycles. The molecule has 2 heterocycles. The van der Waals surface area contributed by atoms with Crippen LogP contribution >= 0.6 is 22.7 Å². The van der Waals surface area contributed by atoms with E-state index in [-0.39, 0.29) is 0 Å². The van der Waals surface area contributed by atoms with Gasteiger partial charge in [0.1, 0.15) is 12.4 Å². The molecule has 0 saturated carbocycles. The number of benzene rings is 2. The van der Waals surface area contributed by atoms with Gasteiger partial charge in [-0.2, -0.15) is 5.10 Å². The molecule has 0 fully saturated rings. The average molecular weight is 406 g/mol. The second-order valence-electron chi connectivity index (χ2n) is 6.20. The quantitative estimate of drug-likeness (QED) is 0.294. The minimum atomic E-state index is 0.523. The van der Waals surface area contributed by atoms with Crippen LogP contribution in [-0.4, -0.2) is 11.2 Å². The van der Waals surface area contributed by atoms with Gasteiger partial charge in [0.25, 0.3) is 0 Å². The molecule has 0 bridgehead atoms. The fourth-order valence-electron chi connectivity index (χ4n) is 2.58. The third-order valence-corrected chi connectivity index (χ3v) is 5.71. The number of nitrogens with one attached hydrogen (secondary N) is 1. The van der Waals surface area contributed by atoms with E-state index >= 15 is 0 Å². The van der Waals surface area contributed by atoms with Gasteiger partial charge in [-0.3, -0.25) is 5.43 Å². The summed E-state index contributed by atoms with van der Waals surface area (Å²) in [5.41, 5.74) is 7.28. The number of hydrazone groups is 1. The number of nitrogens with zero attached hydrogens (tertiary/aromatic N) is 2. The fraction of sp³-hybridized carbons (Fsp3) is 0.0909. The molecular weight excluding hydrogens is 386 g/mol. The molecule has 6 heteroatoms. The van der Waals surface area contributed by atoms with Crippen molar-refractivity contribution in [1.82, 2.24) is 4.98 Å². The van der Waals surface area contributed by atoms with E-state index in [1.807, 2.05) is 41.1 Å². The third kappa shape index (κ3) is 4.65. The van der Waals surface area contributed by atoms with E-state index in [1.165, 1.54) is 16.9 Å². The molecule has 2 aromatic carbocycles. The van der Waals surface area contributed by atoms with Crippen LogP contribution in [0.3, 0.4) is 0 Å². The van der Waals surface area contributed by atoms with Crippen molar-refractivity contribution in [3.8, 4) is 16.3 Å². The first kappa shape index (κ1) is 18.4. The Balaban J connectivity index is 1.40.